The van der Waals surface area contributed by atoms with Crippen LogP contribution in [0.25, 0.3) is 10.4 Å². The van der Waals surface area contributed by atoms with Gasteiger partial charge in [-0.3, -0.25) is 0 Å². The van der Waals surface area contributed by atoms with Crippen molar-refractivity contribution in [2.45, 2.75) is 97.2 Å². The summed E-state index contributed by atoms with van der Waals surface area (Å²) in [6, 6.07) is 17.0. The van der Waals surface area contributed by atoms with Crippen LogP contribution in [-0.2, 0) is 21.8 Å². The van der Waals surface area contributed by atoms with E-state index in [0.29, 0.717) is 17.7 Å². The molecular weight excluding hydrogens is 567 g/mol. The lowest BCUT2D eigenvalue weighted by atomic mass is 9.94. The number of benzene rings is 2. The second-order valence-electron chi connectivity index (χ2n) is 11.7. The SMILES string of the molecule is CCC(CC)c1ccc(N(Cc2ccc(-c3cnc(CSCC(NC(=O)OC(C)(C)C)C(=O)O)s3)cc2)C(C)C)cc1. The fourth-order valence-corrected chi connectivity index (χ4v) is 6.67. The maximum absolute atomic E-state index is 12.0. The van der Waals surface area contributed by atoms with E-state index in [2.05, 4.69) is 91.4 Å². The number of carbonyl (C=O) groups is 2. The summed E-state index contributed by atoms with van der Waals surface area (Å²) in [5.41, 5.74) is 4.31. The molecule has 42 heavy (non-hydrogen) atoms. The highest BCUT2D eigenvalue weighted by atomic mass is 32.2. The normalized spacial score (nSPS) is 12.4. The smallest absolute Gasteiger partial charge is 0.408 e. The van der Waals surface area contributed by atoms with E-state index in [-0.39, 0.29) is 5.75 Å². The summed E-state index contributed by atoms with van der Waals surface area (Å²) in [6.45, 7) is 15.0. The van der Waals surface area contributed by atoms with Crippen molar-refractivity contribution < 1.29 is 19.4 Å². The van der Waals surface area contributed by atoms with Gasteiger partial charge in [-0.15, -0.1) is 11.3 Å². The van der Waals surface area contributed by atoms with Gasteiger partial charge in [-0.1, -0.05) is 50.2 Å². The topological polar surface area (TPSA) is 91.8 Å². The van der Waals surface area contributed by atoms with Crippen molar-refractivity contribution in [3.05, 3.63) is 70.9 Å². The number of hydrogen-bond acceptors (Lipinski definition) is 7. The number of anilines is 1. The van der Waals surface area contributed by atoms with Crippen LogP contribution in [0.4, 0.5) is 10.5 Å². The third-order valence-corrected chi connectivity index (χ3v) is 9.22. The standard InChI is InChI=1S/C33H45N3O4S2/c1-8-24(9-2)25-14-16-27(17-15-25)36(22(3)4)19-23-10-12-26(13-11-23)29-18-34-30(42-29)21-41-20-28(31(37)38)35-32(39)40-33(5,6)7/h10-18,22,24,28H,8-9,19-21H2,1-7H3,(H,35,39)(H,37,38). The first-order valence-electron chi connectivity index (χ1n) is 14.6. The molecular formula is C33H45N3O4S2. The minimum absolute atomic E-state index is 0.213. The lowest BCUT2D eigenvalue weighted by Crippen LogP contribution is -2.44. The van der Waals surface area contributed by atoms with E-state index in [1.807, 2.05) is 6.20 Å². The van der Waals surface area contributed by atoms with Crippen LogP contribution in [0.5, 0.6) is 0 Å². The zero-order chi connectivity index (χ0) is 30.9. The highest BCUT2D eigenvalue weighted by molar-refractivity contribution is 7.98. The molecule has 0 bridgehead atoms. The first-order valence-corrected chi connectivity index (χ1v) is 16.6. The van der Waals surface area contributed by atoms with Gasteiger partial charge < -0.3 is 20.1 Å². The minimum atomic E-state index is -1.09. The average molecular weight is 612 g/mol. The van der Waals surface area contributed by atoms with Crippen molar-refractivity contribution in [3.8, 4) is 10.4 Å². The quantitative estimate of drug-likeness (QED) is 0.189. The molecule has 1 heterocycles. The summed E-state index contributed by atoms with van der Waals surface area (Å²) in [5.74, 6) is 0.295. The number of aromatic nitrogens is 1. The molecule has 0 spiro atoms. The molecule has 0 radical (unpaired) electrons. The van der Waals surface area contributed by atoms with E-state index >= 15 is 0 Å². The van der Waals surface area contributed by atoms with Crippen molar-refractivity contribution in [1.82, 2.24) is 10.3 Å². The van der Waals surface area contributed by atoms with Crippen molar-refractivity contribution >= 4 is 40.8 Å². The van der Waals surface area contributed by atoms with Gasteiger partial charge in [0.05, 0.1) is 4.88 Å². The Morgan fingerprint density at radius 1 is 1.05 bits per heavy atom. The lowest BCUT2D eigenvalue weighted by Gasteiger charge is -2.30. The summed E-state index contributed by atoms with van der Waals surface area (Å²) in [5, 5.41) is 12.8. The number of aliphatic carboxylic acids is 1. The predicted octanol–water partition coefficient (Wildman–Crippen LogP) is 8.34. The molecule has 1 atom stereocenters. The Morgan fingerprint density at radius 3 is 2.24 bits per heavy atom. The first kappa shape index (κ1) is 33.5. The van der Waals surface area contributed by atoms with Crippen molar-refractivity contribution in [3.63, 3.8) is 0 Å². The van der Waals surface area contributed by atoms with E-state index in [1.54, 1.807) is 32.1 Å². The van der Waals surface area contributed by atoms with Gasteiger partial charge in [-0.05, 0) is 82.2 Å². The summed E-state index contributed by atoms with van der Waals surface area (Å²) in [6.07, 6.45) is 3.45. The Hall–Kier alpha value is -3.04. The number of carbonyl (C=O) groups excluding carboxylic acids is 1. The van der Waals surface area contributed by atoms with Gasteiger partial charge in [0.25, 0.3) is 0 Å². The Balaban J connectivity index is 1.58. The van der Waals surface area contributed by atoms with Gasteiger partial charge in [0.1, 0.15) is 16.7 Å². The van der Waals surface area contributed by atoms with Gasteiger partial charge in [-0.25, -0.2) is 14.6 Å². The fraction of sp³-hybridized carbons (Fsp3) is 0.485. The van der Waals surface area contributed by atoms with E-state index in [1.165, 1.54) is 28.6 Å². The maximum Gasteiger partial charge on any atom is 0.408 e. The molecule has 7 nitrogen and oxygen atoms in total. The lowest BCUT2D eigenvalue weighted by molar-refractivity contribution is -0.138. The highest BCUT2D eigenvalue weighted by Crippen LogP contribution is 2.30. The van der Waals surface area contributed by atoms with E-state index in [9.17, 15) is 14.7 Å². The predicted molar refractivity (Wildman–Crippen MR) is 176 cm³/mol. The summed E-state index contributed by atoms with van der Waals surface area (Å²) >= 11 is 3.01. The Morgan fingerprint density at radius 2 is 1.69 bits per heavy atom. The molecule has 2 N–H and O–H groups in total. The molecule has 0 saturated carbocycles. The number of thioether (sulfide) groups is 1. The zero-order valence-electron chi connectivity index (χ0n) is 25.8. The number of amides is 1. The molecule has 0 aliphatic heterocycles. The summed E-state index contributed by atoms with van der Waals surface area (Å²) < 4.78 is 5.18. The van der Waals surface area contributed by atoms with Crippen LogP contribution in [-0.4, -0.2) is 45.6 Å². The number of nitrogens with one attached hydrogen (secondary N) is 1. The number of carboxylic acids is 1. The molecule has 2 aromatic carbocycles. The number of hydrogen-bond donors (Lipinski definition) is 2. The van der Waals surface area contributed by atoms with Gasteiger partial charge in [-0.2, -0.15) is 11.8 Å². The van der Waals surface area contributed by atoms with E-state index in [0.717, 1.165) is 34.8 Å². The Bertz CT molecular complexity index is 1280. The van der Waals surface area contributed by atoms with Crippen molar-refractivity contribution in [2.75, 3.05) is 10.7 Å². The highest BCUT2D eigenvalue weighted by Gasteiger charge is 2.24. The fourth-order valence-electron chi connectivity index (χ4n) is 4.64. The largest absolute Gasteiger partial charge is 0.480 e. The molecule has 3 aromatic rings. The number of alkyl carbamates (subject to hydrolysis) is 1. The van der Waals surface area contributed by atoms with E-state index in [4.69, 9.17) is 4.74 Å². The maximum atomic E-state index is 12.0. The Labute approximate surface area is 259 Å². The average Bonchev–Trinajstić information content (AvgIpc) is 3.40. The third-order valence-electron chi connectivity index (χ3n) is 6.95. The van der Waals surface area contributed by atoms with Crippen LogP contribution < -0.4 is 10.2 Å². The second-order valence-corrected chi connectivity index (χ2v) is 13.8. The van der Waals surface area contributed by atoms with Gasteiger partial charge in [0, 0.05) is 36.0 Å². The van der Waals surface area contributed by atoms with Gasteiger partial charge >= 0.3 is 12.1 Å². The Kier molecular flexibility index (Phi) is 12.3. The van der Waals surface area contributed by atoms with Crippen LogP contribution in [0, 0.1) is 0 Å². The van der Waals surface area contributed by atoms with Crippen LogP contribution in [0.3, 0.4) is 0 Å². The molecule has 0 aliphatic carbocycles. The van der Waals surface area contributed by atoms with E-state index < -0.39 is 23.7 Å². The van der Waals surface area contributed by atoms with Crippen LogP contribution >= 0.6 is 23.1 Å². The van der Waals surface area contributed by atoms with Crippen molar-refractivity contribution in [2.24, 2.45) is 0 Å². The third kappa shape index (κ3) is 10.1. The number of carboxylic acid groups (broad SMARTS) is 1. The number of nitrogens with zero attached hydrogens (tertiary/aromatic N) is 2. The molecule has 0 saturated heterocycles. The molecule has 1 aromatic heterocycles. The minimum Gasteiger partial charge on any atom is -0.480 e. The zero-order valence-corrected chi connectivity index (χ0v) is 27.5. The first-order chi connectivity index (χ1) is 19.9. The molecule has 0 fully saturated rings. The molecule has 1 unspecified atom stereocenters. The second kappa shape index (κ2) is 15.4. The molecule has 1 amide bonds. The number of ether oxygens (including phenoxy) is 1. The van der Waals surface area contributed by atoms with Crippen LogP contribution in [0.1, 0.15) is 83.4 Å². The number of thiazole rings is 1. The molecule has 228 valence electrons. The van der Waals surface area contributed by atoms with Crippen LogP contribution in [0.15, 0.2) is 54.7 Å². The van der Waals surface area contributed by atoms with Gasteiger partial charge in [0.15, 0.2) is 0 Å². The van der Waals surface area contributed by atoms with Crippen molar-refractivity contribution in [1.29, 1.82) is 0 Å². The van der Waals surface area contributed by atoms with Gasteiger partial charge in [0.2, 0.25) is 0 Å². The number of rotatable bonds is 14. The summed E-state index contributed by atoms with van der Waals surface area (Å²) in [4.78, 5) is 31.6. The monoisotopic (exact) mass is 611 g/mol. The van der Waals surface area contributed by atoms with Crippen LogP contribution in [0.2, 0.25) is 0 Å². The molecule has 9 heteroatoms. The molecule has 0 aliphatic rings. The molecule has 3 rings (SSSR count). The summed E-state index contributed by atoms with van der Waals surface area (Å²) in [7, 11) is 0.